The Bertz CT molecular complexity index is 1470. The van der Waals surface area contributed by atoms with Crippen LogP contribution in [-0.2, 0) is 16.8 Å². The van der Waals surface area contributed by atoms with E-state index in [1.54, 1.807) is 29.0 Å². The molecule has 0 radical (unpaired) electrons. The summed E-state index contributed by atoms with van der Waals surface area (Å²) in [5.41, 5.74) is 6.97. The Labute approximate surface area is 224 Å². The molecule has 5 heterocycles. The lowest BCUT2D eigenvalue weighted by atomic mass is 9.87. The second kappa shape index (κ2) is 10.2. The van der Waals surface area contributed by atoms with Crippen LogP contribution in [0.1, 0.15) is 43.1 Å². The normalized spacial score (nSPS) is 21.4. The smallest absolute Gasteiger partial charge is 0.140 e. The summed E-state index contributed by atoms with van der Waals surface area (Å²) >= 11 is 0. The third-order valence-electron chi connectivity index (χ3n) is 7.81. The van der Waals surface area contributed by atoms with Gasteiger partial charge in [-0.3, -0.25) is 4.98 Å². The van der Waals surface area contributed by atoms with Crippen LogP contribution in [0.25, 0.3) is 16.8 Å². The van der Waals surface area contributed by atoms with Crippen LogP contribution in [0.2, 0.25) is 0 Å². The number of imidazole rings is 1. The molecule has 2 atom stereocenters. The maximum atomic E-state index is 15.4. The molecule has 2 N–H and O–H groups in total. The molecule has 6 rings (SSSR count). The van der Waals surface area contributed by atoms with E-state index < -0.39 is 17.3 Å². The Balaban J connectivity index is 1.33. The average molecular weight is 537 g/mol. The van der Waals surface area contributed by atoms with Gasteiger partial charge in [-0.25, -0.2) is 22.7 Å². The number of hydrogen-bond acceptors (Lipinski definition) is 6. The highest BCUT2D eigenvalue weighted by Gasteiger charge is 2.36. The first-order chi connectivity index (χ1) is 18.8. The van der Waals surface area contributed by atoms with Gasteiger partial charge in [0.2, 0.25) is 0 Å². The lowest BCUT2D eigenvalue weighted by Gasteiger charge is -2.37. The molecule has 0 aliphatic carbocycles. The highest BCUT2D eigenvalue weighted by molar-refractivity contribution is 5.64. The average Bonchev–Trinajstić information content (AvgIpc) is 3.30. The summed E-state index contributed by atoms with van der Waals surface area (Å²) < 4.78 is 52.8. The Kier molecular flexibility index (Phi) is 6.76. The largest absolute Gasteiger partial charge is 0.381 e. The van der Waals surface area contributed by atoms with Crippen LogP contribution in [0.15, 0.2) is 48.9 Å². The summed E-state index contributed by atoms with van der Waals surface area (Å²) in [6.07, 6.45) is 6.79. The Morgan fingerprint density at radius 1 is 1.08 bits per heavy atom. The molecule has 0 spiro atoms. The van der Waals surface area contributed by atoms with Crippen LogP contribution >= 0.6 is 0 Å². The van der Waals surface area contributed by atoms with Gasteiger partial charge in [0.05, 0.1) is 23.0 Å². The van der Waals surface area contributed by atoms with E-state index in [-0.39, 0.29) is 48.9 Å². The van der Waals surface area contributed by atoms with Crippen molar-refractivity contribution in [2.75, 3.05) is 31.2 Å². The van der Waals surface area contributed by atoms with Gasteiger partial charge in [-0.2, -0.15) is 5.10 Å². The minimum absolute atomic E-state index is 0.00944. The fraction of sp³-hybridized carbons (Fsp3) is 0.414. The first-order valence-electron chi connectivity index (χ1n) is 13.3. The van der Waals surface area contributed by atoms with Crippen molar-refractivity contribution in [1.29, 1.82) is 0 Å². The van der Waals surface area contributed by atoms with Gasteiger partial charge in [0.15, 0.2) is 0 Å². The van der Waals surface area contributed by atoms with Crippen LogP contribution in [0.4, 0.5) is 18.9 Å². The molecule has 7 nitrogen and oxygen atoms in total. The SMILES string of the molecule is C[C@@H]1C[C@H](N)CN(c2ccncc2Cc2ncc3ccc(-c4c(F)cc(C5(F)CCOCC5)cc4F)nn23)C1. The number of benzene rings is 1. The number of anilines is 1. The molecular formula is C29H31F3N6O. The maximum absolute atomic E-state index is 15.4. The molecule has 0 amide bonds. The minimum Gasteiger partial charge on any atom is -0.381 e. The third-order valence-corrected chi connectivity index (χ3v) is 7.81. The van der Waals surface area contributed by atoms with E-state index in [1.165, 1.54) is 0 Å². The lowest BCUT2D eigenvalue weighted by molar-refractivity contribution is -0.0117. The fourth-order valence-electron chi connectivity index (χ4n) is 5.88. The maximum Gasteiger partial charge on any atom is 0.140 e. The van der Waals surface area contributed by atoms with E-state index in [9.17, 15) is 0 Å². The fourth-order valence-corrected chi connectivity index (χ4v) is 5.88. The van der Waals surface area contributed by atoms with E-state index >= 15 is 13.2 Å². The molecule has 1 aromatic carbocycles. The molecule has 0 unspecified atom stereocenters. The van der Waals surface area contributed by atoms with Gasteiger partial charge in [-0.1, -0.05) is 6.92 Å². The zero-order valence-corrected chi connectivity index (χ0v) is 21.8. The number of rotatable bonds is 5. The van der Waals surface area contributed by atoms with Crippen molar-refractivity contribution >= 4 is 11.2 Å². The van der Waals surface area contributed by atoms with Crippen LogP contribution in [0.5, 0.6) is 0 Å². The van der Waals surface area contributed by atoms with Crippen LogP contribution in [0.3, 0.4) is 0 Å². The summed E-state index contributed by atoms with van der Waals surface area (Å²) in [5.74, 6) is -0.627. The number of fused-ring (bicyclic) bond motifs is 1. The number of hydrogen-bond donors (Lipinski definition) is 1. The summed E-state index contributed by atoms with van der Waals surface area (Å²) in [6, 6.07) is 7.51. The van der Waals surface area contributed by atoms with Gasteiger partial charge in [-0.05, 0) is 48.2 Å². The van der Waals surface area contributed by atoms with Gasteiger partial charge < -0.3 is 15.4 Å². The third kappa shape index (κ3) is 4.98. The Hall–Kier alpha value is -3.50. The second-order valence-electron chi connectivity index (χ2n) is 10.8. The molecule has 0 bridgehead atoms. The van der Waals surface area contributed by atoms with Crippen molar-refractivity contribution in [3.63, 3.8) is 0 Å². The number of piperidine rings is 1. The molecule has 3 aromatic heterocycles. The highest BCUT2D eigenvalue weighted by atomic mass is 19.1. The van der Waals surface area contributed by atoms with E-state index in [1.807, 2.05) is 12.3 Å². The van der Waals surface area contributed by atoms with Crippen molar-refractivity contribution < 1.29 is 17.9 Å². The summed E-state index contributed by atoms with van der Waals surface area (Å²) in [7, 11) is 0. The van der Waals surface area contributed by atoms with Gasteiger partial charge in [-0.15, -0.1) is 0 Å². The summed E-state index contributed by atoms with van der Waals surface area (Å²) in [5, 5.41) is 4.56. The zero-order chi connectivity index (χ0) is 27.1. The number of nitrogens with two attached hydrogens (primary N) is 1. The molecule has 4 aromatic rings. The van der Waals surface area contributed by atoms with Crippen molar-refractivity contribution in [2.45, 2.75) is 44.3 Å². The monoisotopic (exact) mass is 536 g/mol. The number of aromatic nitrogens is 4. The van der Waals surface area contributed by atoms with Gasteiger partial charge in [0.25, 0.3) is 0 Å². The highest BCUT2D eigenvalue weighted by Crippen LogP contribution is 2.39. The minimum atomic E-state index is -1.81. The standard InChI is InChI=1S/C29H31F3N6O/c1-18-10-21(33)17-37(16-18)26-4-7-34-14-19(26)11-27-35-15-22-2-3-25(36-38(22)27)28-23(30)12-20(13-24(28)31)29(32)5-8-39-9-6-29/h2-4,7,12-15,18,21H,5-6,8-11,16-17,33H2,1H3/t18-,21+/m1/s1. The van der Waals surface area contributed by atoms with Crippen molar-refractivity contribution in [3.05, 3.63) is 77.5 Å². The van der Waals surface area contributed by atoms with Gasteiger partial charge in [0, 0.05) is 75.3 Å². The quantitative estimate of drug-likeness (QED) is 0.394. The van der Waals surface area contributed by atoms with Crippen LogP contribution in [0, 0.1) is 17.6 Å². The molecular weight excluding hydrogens is 505 g/mol. The zero-order valence-electron chi connectivity index (χ0n) is 21.8. The summed E-state index contributed by atoms with van der Waals surface area (Å²) in [6.45, 7) is 4.28. The molecule has 2 aliphatic heterocycles. The molecule has 2 saturated heterocycles. The van der Waals surface area contributed by atoms with E-state index in [4.69, 9.17) is 10.5 Å². The Morgan fingerprint density at radius 3 is 2.59 bits per heavy atom. The number of halogens is 3. The second-order valence-corrected chi connectivity index (χ2v) is 10.8. The number of nitrogens with zero attached hydrogens (tertiary/aromatic N) is 5. The first-order valence-corrected chi connectivity index (χ1v) is 13.3. The van der Waals surface area contributed by atoms with Crippen LogP contribution in [-0.4, -0.2) is 51.9 Å². The molecule has 204 valence electrons. The van der Waals surface area contributed by atoms with Crippen molar-refractivity contribution in [1.82, 2.24) is 19.6 Å². The van der Waals surface area contributed by atoms with Crippen molar-refractivity contribution in [2.24, 2.45) is 11.7 Å². The van der Waals surface area contributed by atoms with E-state index in [0.29, 0.717) is 23.7 Å². The van der Waals surface area contributed by atoms with Crippen LogP contribution < -0.4 is 10.6 Å². The molecule has 2 fully saturated rings. The lowest BCUT2D eigenvalue weighted by Crippen LogP contribution is -2.46. The van der Waals surface area contributed by atoms with E-state index in [2.05, 4.69) is 26.9 Å². The number of ether oxygens (including phenoxy) is 1. The molecule has 2 aliphatic rings. The molecule has 0 saturated carbocycles. The predicted octanol–water partition coefficient (Wildman–Crippen LogP) is 4.81. The summed E-state index contributed by atoms with van der Waals surface area (Å²) in [4.78, 5) is 11.2. The first kappa shape index (κ1) is 25.8. The molecule has 39 heavy (non-hydrogen) atoms. The van der Waals surface area contributed by atoms with Crippen molar-refractivity contribution in [3.8, 4) is 11.3 Å². The number of alkyl halides is 1. The van der Waals surface area contributed by atoms with E-state index in [0.717, 1.165) is 42.9 Å². The van der Waals surface area contributed by atoms with Gasteiger partial charge >= 0.3 is 0 Å². The van der Waals surface area contributed by atoms with Gasteiger partial charge in [0.1, 0.15) is 23.1 Å². The number of pyridine rings is 1. The Morgan fingerprint density at radius 2 is 1.85 bits per heavy atom. The predicted molar refractivity (Wildman–Crippen MR) is 142 cm³/mol. The topological polar surface area (TPSA) is 81.6 Å². The molecule has 10 heteroatoms.